The lowest BCUT2D eigenvalue weighted by Crippen LogP contribution is -2.36. The van der Waals surface area contributed by atoms with E-state index in [2.05, 4.69) is 49.7 Å². The van der Waals surface area contributed by atoms with Crippen molar-refractivity contribution in [2.75, 3.05) is 18.1 Å². The van der Waals surface area contributed by atoms with E-state index in [1.807, 2.05) is 38.4 Å². The monoisotopic (exact) mass is 403 g/mol. The van der Waals surface area contributed by atoms with Crippen LogP contribution in [0, 0.1) is 0 Å². The van der Waals surface area contributed by atoms with Crippen molar-refractivity contribution in [1.82, 2.24) is 35.3 Å². The summed E-state index contributed by atoms with van der Waals surface area (Å²) in [4.78, 5) is 13.4. The summed E-state index contributed by atoms with van der Waals surface area (Å²) < 4.78 is 1.66. The van der Waals surface area contributed by atoms with E-state index >= 15 is 0 Å². The maximum absolute atomic E-state index is 6.17. The van der Waals surface area contributed by atoms with E-state index < -0.39 is 0 Å². The van der Waals surface area contributed by atoms with Crippen molar-refractivity contribution in [2.45, 2.75) is 25.8 Å². The van der Waals surface area contributed by atoms with Gasteiger partial charge in [0, 0.05) is 30.4 Å². The van der Waals surface area contributed by atoms with Crippen LogP contribution in [0.4, 0.5) is 17.5 Å². The van der Waals surface area contributed by atoms with Crippen LogP contribution in [0.5, 0.6) is 0 Å². The van der Waals surface area contributed by atoms with Gasteiger partial charge < -0.3 is 16.4 Å². The summed E-state index contributed by atoms with van der Waals surface area (Å²) in [5.41, 5.74) is 8.70. The van der Waals surface area contributed by atoms with Crippen LogP contribution in [0.3, 0.4) is 0 Å². The molecule has 4 aromatic heterocycles. The highest BCUT2D eigenvalue weighted by Crippen LogP contribution is 2.29. The highest BCUT2D eigenvalue weighted by molar-refractivity contribution is 5.94. The minimum Gasteiger partial charge on any atom is -0.383 e. The van der Waals surface area contributed by atoms with Crippen molar-refractivity contribution in [3.8, 4) is 11.4 Å². The molecule has 0 radical (unpaired) electrons. The number of nitrogens with two attached hydrogens (primary N) is 1. The molecule has 0 aromatic carbocycles. The quantitative estimate of drug-likeness (QED) is 0.449. The highest BCUT2D eigenvalue weighted by atomic mass is 15.4. The molecule has 0 unspecified atom stereocenters. The Morgan fingerprint density at radius 1 is 1.13 bits per heavy atom. The van der Waals surface area contributed by atoms with Gasteiger partial charge in [0.2, 0.25) is 0 Å². The van der Waals surface area contributed by atoms with Gasteiger partial charge in [0.15, 0.2) is 0 Å². The maximum atomic E-state index is 6.17. The fourth-order valence-electron chi connectivity index (χ4n) is 3.39. The van der Waals surface area contributed by atoms with E-state index in [0.29, 0.717) is 17.3 Å². The number of nitrogen functional groups attached to an aromatic ring is 1. The van der Waals surface area contributed by atoms with E-state index in [1.54, 1.807) is 23.3 Å². The van der Waals surface area contributed by atoms with Gasteiger partial charge in [-0.15, -0.1) is 5.10 Å². The smallest absolute Gasteiger partial charge is 0.133 e. The average Bonchev–Trinajstić information content (AvgIpc) is 3.19. The van der Waals surface area contributed by atoms with Crippen molar-refractivity contribution in [3.05, 3.63) is 48.4 Å². The normalized spacial score (nSPS) is 13.3. The van der Waals surface area contributed by atoms with Crippen molar-refractivity contribution >= 4 is 28.2 Å². The number of aromatic nitrogens is 6. The van der Waals surface area contributed by atoms with E-state index in [9.17, 15) is 0 Å². The molecule has 0 aliphatic carbocycles. The molecule has 0 spiro atoms. The van der Waals surface area contributed by atoms with E-state index in [1.165, 1.54) is 0 Å². The first-order chi connectivity index (χ1) is 14.4. The number of pyridine rings is 3. The summed E-state index contributed by atoms with van der Waals surface area (Å²) in [5, 5.41) is 16.3. The summed E-state index contributed by atoms with van der Waals surface area (Å²) >= 11 is 0. The van der Waals surface area contributed by atoms with Gasteiger partial charge in [0.1, 0.15) is 23.1 Å². The zero-order chi connectivity index (χ0) is 21.3. The Labute approximate surface area is 174 Å². The van der Waals surface area contributed by atoms with Crippen LogP contribution in [0.15, 0.2) is 42.9 Å². The molecule has 4 aromatic rings. The number of hydrogen-bond donors (Lipinski definition) is 3. The third kappa shape index (κ3) is 3.55. The Morgan fingerprint density at radius 3 is 2.63 bits per heavy atom. The first-order valence-corrected chi connectivity index (χ1v) is 9.77. The van der Waals surface area contributed by atoms with Crippen molar-refractivity contribution in [2.24, 2.45) is 7.05 Å². The topological polar surface area (TPSA) is 119 Å². The fraction of sp³-hybridized carbons (Fsp3) is 0.286. The number of anilines is 3. The lowest BCUT2D eigenvalue weighted by atomic mass is 9.90. The van der Waals surface area contributed by atoms with Crippen molar-refractivity contribution in [1.29, 1.82) is 0 Å². The van der Waals surface area contributed by atoms with Crippen molar-refractivity contribution < 1.29 is 0 Å². The van der Waals surface area contributed by atoms with Gasteiger partial charge in [-0.2, -0.15) is 0 Å². The molecule has 4 heterocycles. The number of hydrogen-bond acceptors (Lipinski definition) is 8. The first-order valence-electron chi connectivity index (χ1n) is 9.77. The molecular weight excluding hydrogens is 378 g/mol. The molecule has 0 fully saturated rings. The average molecular weight is 403 g/mol. The summed E-state index contributed by atoms with van der Waals surface area (Å²) in [6.07, 6.45) is 6.15. The molecule has 9 nitrogen and oxygen atoms in total. The molecule has 0 saturated heterocycles. The molecule has 30 heavy (non-hydrogen) atoms. The lowest BCUT2D eigenvalue weighted by molar-refractivity contribution is 0.386. The first kappa shape index (κ1) is 19.7. The van der Waals surface area contributed by atoms with Gasteiger partial charge in [-0.25, -0.2) is 19.6 Å². The predicted molar refractivity (Wildman–Crippen MR) is 118 cm³/mol. The summed E-state index contributed by atoms with van der Waals surface area (Å²) in [7, 11) is 3.79. The summed E-state index contributed by atoms with van der Waals surface area (Å²) in [5.74, 6) is 1.82. The molecule has 4 rings (SSSR count). The van der Waals surface area contributed by atoms with E-state index in [-0.39, 0.29) is 5.54 Å². The number of fused-ring (bicyclic) bond motifs is 1. The number of rotatable bonds is 6. The summed E-state index contributed by atoms with van der Waals surface area (Å²) in [6, 6.07) is 7.96. The standard InChI is InChI=1S/C21H25N9/c1-5-21(2,23-3)14-6-7-24-19(10-14)28-18-9-13-8-16(17-12-26-29-30(17)4)27-20(22)15(13)11-25-18/h6-12,23H,5H2,1-4H3,(H2,22,27)(H,24,25,28)/t21-/m1/s1. The molecule has 1 atom stereocenters. The van der Waals surface area contributed by atoms with Crippen LogP contribution in [0.25, 0.3) is 22.2 Å². The Balaban J connectivity index is 1.70. The van der Waals surface area contributed by atoms with E-state index in [4.69, 9.17) is 5.73 Å². The number of aryl methyl sites for hydroxylation is 1. The SMILES string of the molecule is CC[C@@](C)(NC)c1ccnc(Nc2cc3cc(-c4cnnn4C)nc(N)c3cn2)c1. The molecular formula is C21H25N9. The molecule has 0 bridgehead atoms. The Kier molecular flexibility index (Phi) is 5.04. The van der Waals surface area contributed by atoms with Crippen LogP contribution < -0.4 is 16.4 Å². The minimum atomic E-state index is -0.123. The van der Waals surface area contributed by atoms with Gasteiger partial charge in [-0.05, 0) is 55.6 Å². The molecule has 9 heteroatoms. The second-order valence-corrected chi connectivity index (χ2v) is 7.42. The van der Waals surface area contributed by atoms with Crippen molar-refractivity contribution in [3.63, 3.8) is 0 Å². The number of nitrogens with one attached hydrogen (secondary N) is 2. The van der Waals surface area contributed by atoms with Crippen LogP contribution >= 0.6 is 0 Å². The van der Waals surface area contributed by atoms with Gasteiger partial charge >= 0.3 is 0 Å². The van der Waals surface area contributed by atoms with Crippen LogP contribution in [-0.2, 0) is 12.6 Å². The highest BCUT2D eigenvalue weighted by Gasteiger charge is 2.22. The van der Waals surface area contributed by atoms with Gasteiger partial charge in [-0.1, -0.05) is 12.1 Å². The fourth-order valence-corrected chi connectivity index (χ4v) is 3.39. The van der Waals surface area contributed by atoms with Crippen LogP contribution in [-0.4, -0.2) is 37.0 Å². The van der Waals surface area contributed by atoms with Crippen LogP contribution in [0.2, 0.25) is 0 Å². The third-order valence-corrected chi connectivity index (χ3v) is 5.63. The third-order valence-electron chi connectivity index (χ3n) is 5.63. The van der Waals surface area contributed by atoms with Crippen LogP contribution in [0.1, 0.15) is 25.8 Å². The molecule has 0 saturated carbocycles. The Bertz CT molecular complexity index is 1190. The summed E-state index contributed by atoms with van der Waals surface area (Å²) in [6.45, 7) is 4.33. The minimum absolute atomic E-state index is 0.123. The van der Waals surface area contributed by atoms with Gasteiger partial charge in [-0.3, -0.25) is 0 Å². The zero-order valence-electron chi connectivity index (χ0n) is 17.5. The molecule has 154 valence electrons. The zero-order valence-corrected chi connectivity index (χ0v) is 17.5. The second-order valence-electron chi connectivity index (χ2n) is 7.42. The Morgan fingerprint density at radius 2 is 1.93 bits per heavy atom. The molecule has 0 aliphatic rings. The van der Waals surface area contributed by atoms with E-state index in [0.717, 1.165) is 34.3 Å². The largest absolute Gasteiger partial charge is 0.383 e. The Hall–Kier alpha value is -3.59. The van der Waals surface area contributed by atoms with Gasteiger partial charge in [0.05, 0.1) is 11.9 Å². The maximum Gasteiger partial charge on any atom is 0.133 e. The second kappa shape index (κ2) is 7.68. The van der Waals surface area contributed by atoms with Gasteiger partial charge in [0.25, 0.3) is 0 Å². The molecule has 4 N–H and O–H groups in total. The molecule has 0 aliphatic heterocycles. The predicted octanol–water partition coefficient (Wildman–Crippen LogP) is 2.99. The number of nitrogens with zero attached hydrogens (tertiary/aromatic N) is 6. The molecule has 0 amide bonds. The lowest BCUT2D eigenvalue weighted by Gasteiger charge is -2.28.